The van der Waals surface area contributed by atoms with Gasteiger partial charge in [-0.25, -0.2) is 0 Å². The quantitative estimate of drug-likeness (QED) is 0.826. The third-order valence-corrected chi connectivity index (χ3v) is 3.01. The van der Waals surface area contributed by atoms with E-state index in [-0.39, 0.29) is 6.04 Å². The molecule has 4 nitrogen and oxygen atoms in total. The Labute approximate surface area is 100 Å². The van der Waals surface area contributed by atoms with Crippen LogP contribution in [-0.2, 0) is 4.79 Å². The number of nitrogens with one attached hydrogen (secondary N) is 1. The van der Waals surface area contributed by atoms with Crippen molar-refractivity contribution >= 4 is 12.0 Å². The summed E-state index contributed by atoms with van der Waals surface area (Å²) in [5, 5.41) is 11.9. The molecule has 0 bridgehead atoms. The summed E-state index contributed by atoms with van der Waals surface area (Å²) in [7, 11) is 0. The molecule has 1 fully saturated rings. The van der Waals surface area contributed by atoms with Gasteiger partial charge in [-0.2, -0.15) is 0 Å². The minimum atomic E-state index is -0.745. The van der Waals surface area contributed by atoms with Crippen molar-refractivity contribution in [1.29, 1.82) is 0 Å². The van der Waals surface area contributed by atoms with Crippen LogP contribution in [0.1, 0.15) is 18.4 Å². The number of aliphatic carboxylic acids is 1. The summed E-state index contributed by atoms with van der Waals surface area (Å²) in [5.41, 5.74) is 1.13. The van der Waals surface area contributed by atoms with Gasteiger partial charge in [0.2, 0.25) is 0 Å². The Balaban J connectivity index is 1.80. The molecule has 1 aliphatic heterocycles. The van der Waals surface area contributed by atoms with E-state index in [1.807, 2.05) is 12.1 Å². The Morgan fingerprint density at radius 1 is 1.53 bits per heavy atom. The molecule has 2 N–H and O–H groups in total. The van der Waals surface area contributed by atoms with Crippen LogP contribution in [0, 0.1) is 5.92 Å². The van der Waals surface area contributed by atoms with E-state index in [1.54, 1.807) is 12.4 Å². The number of pyridine rings is 1. The van der Waals surface area contributed by atoms with Crippen molar-refractivity contribution in [2.45, 2.75) is 18.9 Å². The number of carboxylic acids is 1. The minimum absolute atomic E-state index is 0.366. The van der Waals surface area contributed by atoms with Crippen molar-refractivity contribution in [2.75, 3.05) is 6.54 Å². The predicted octanol–water partition coefficient (Wildman–Crippen LogP) is 1.55. The van der Waals surface area contributed by atoms with E-state index in [1.165, 1.54) is 0 Å². The second kappa shape index (κ2) is 5.59. The highest BCUT2D eigenvalue weighted by Crippen LogP contribution is 2.18. The van der Waals surface area contributed by atoms with E-state index in [9.17, 15) is 4.79 Å². The lowest BCUT2D eigenvalue weighted by Gasteiger charge is -2.03. The Bertz CT molecular complexity index is 403. The van der Waals surface area contributed by atoms with Gasteiger partial charge in [-0.05, 0) is 43.0 Å². The normalized spacial score (nSPS) is 24.2. The zero-order valence-electron chi connectivity index (χ0n) is 9.54. The number of nitrogens with zero attached hydrogens (tertiary/aromatic N) is 1. The topological polar surface area (TPSA) is 62.2 Å². The van der Waals surface area contributed by atoms with Crippen molar-refractivity contribution in [3.05, 3.63) is 36.2 Å². The number of hydrogen-bond acceptors (Lipinski definition) is 3. The first-order valence-corrected chi connectivity index (χ1v) is 5.78. The second-order valence-corrected chi connectivity index (χ2v) is 4.32. The molecule has 2 atom stereocenters. The Kier molecular flexibility index (Phi) is 3.88. The zero-order valence-corrected chi connectivity index (χ0v) is 9.54. The molecule has 0 saturated carbocycles. The molecule has 2 heterocycles. The molecule has 0 aliphatic carbocycles. The van der Waals surface area contributed by atoms with Crippen LogP contribution >= 0.6 is 0 Å². The largest absolute Gasteiger partial charge is 0.480 e. The summed E-state index contributed by atoms with van der Waals surface area (Å²) in [4.78, 5) is 14.7. The number of aromatic nitrogens is 1. The molecule has 1 aromatic heterocycles. The monoisotopic (exact) mass is 232 g/mol. The van der Waals surface area contributed by atoms with Crippen LogP contribution in [0.25, 0.3) is 6.08 Å². The molecule has 4 heteroatoms. The maximum Gasteiger partial charge on any atom is 0.320 e. The van der Waals surface area contributed by atoms with Gasteiger partial charge in [0.1, 0.15) is 6.04 Å². The highest BCUT2D eigenvalue weighted by atomic mass is 16.4. The van der Waals surface area contributed by atoms with E-state index < -0.39 is 5.97 Å². The Morgan fingerprint density at radius 3 is 2.94 bits per heavy atom. The molecule has 1 saturated heterocycles. The average Bonchev–Trinajstić information content (AvgIpc) is 2.79. The predicted molar refractivity (Wildman–Crippen MR) is 65.4 cm³/mol. The molecule has 0 spiro atoms. The highest BCUT2D eigenvalue weighted by molar-refractivity contribution is 5.73. The van der Waals surface area contributed by atoms with E-state index in [2.05, 4.69) is 22.5 Å². The number of hydrogen-bond donors (Lipinski definition) is 2. The van der Waals surface area contributed by atoms with Gasteiger partial charge in [-0.15, -0.1) is 0 Å². The molecule has 17 heavy (non-hydrogen) atoms. The maximum absolute atomic E-state index is 10.8. The van der Waals surface area contributed by atoms with Gasteiger partial charge in [-0.3, -0.25) is 9.78 Å². The highest BCUT2D eigenvalue weighted by Gasteiger charge is 2.27. The lowest BCUT2D eigenvalue weighted by atomic mass is 10.0. The molecule has 0 amide bonds. The molecular formula is C13H16N2O2. The van der Waals surface area contributed by atoms with Crippen molar-refractivity contribution in [2.24, 2.45) is 5.92 Å². The van der Waals surface area contributed by atoms with Gasteiger partial charge < -0.3 is 10.4 Å². The van der Waals surface area contributed by atoms with Crippen molar-refractivity contribution in [3.8, 4) is 0 Å². The number of rotatable bonds is 4. The Hall–Kier alpha value is -1.68. The first kappa shape index (κ1) is 11.8. The van der Waals surface area contributed by atoms with Crippen LogP contribution in [0.3, 0.4) is 0 Å². The standard InChI is InChI=1S/C13H16N2O2/c16-13(17)12-8-11(9-15-12)3-1-2-10-4-6-14-7-5-10/h1-2,4-7,11-12,15H,3,8-9H2,(H,16,17)/b2-1-. The fourth-order valence-electron chi connectivity index (χ4n) is 2.05. The summed E-state index contributed by atoms with van der Waals surface area (Å²) in [6, 6.07) is 3.53. The molecule has 90 valence electrons. The van der Waals surface area contributed by atoms with E-state index in [0.29, 0.717) is 5.92 Å². The van der Waals surface area contributed by atoms with Gasteiger partial charge in [0.05, 0.1) is 0 Å². The van der Waals surface area contributed by atoms with Crippen LogP contribution < -0.4 is 5.32 Å². The zero-order chi connectivity index (χ0) is 12.1. The lowest BCUT2D eigenvalue weighted by Crippen LogP contribution is -2.29. The molecule has 2 unspecified atom stereocenters. The van der Waals surface area contributed by atoms with Gasteiger partial charge in [0.15, 0.2) is 0 Å². The van der Waals surface area contributed by atoms with Gasteiger partial charge >= 0.3 is 5.97 Å². The minimum Gasteiger partial charge on any atom is -0.480 e. The van der Waals surface area contributed by atoms with Crippen molar-refractivity contribution in [1.82, 2.24) is 10.3 Å². The first-order valence-electron chi connectivity index (χ1n) is 5.78. The molecule has 1 aromatic rings. The van der Waals surface area contributed by atoms with Crippen LogP contribution in [0.15, 0.2) is 30.6 Å². The fraction of sp³-hybridized carbons (Fsp3) is 0.385. The van der Waals surface area contributed by atoms with Gasteiger partial charge in [0, 0.05) is 12.4 Å². The summed E-state index contributed by atoms with van der Waals surface area (Å²) in [5.74, 6) is -0.320. The second-order valence-electron chi connectivity index (χ2n) is 4.32. The third-order valence-electron chi connectivity index (χ3n) is 3.01. The molecule has 0 aromatic carbocycles. The van der Waals surface area contributed by atoms with Crippen molar-refractivity contribution < 1.29 is 9.90 Å². The summed E-state index contributed by atoms with van der Waals surface area (Å²) >= 11 is 0. The summed E-state index contributed by atoms with van der Waals surface area (Å²) in [6.45, 7) is 0.789. The number of carbonyl (C=O) groups is 1. The molecular weight excluding hydrogens is 216 g/mol. The van der Waals surface area contributed by atoms with Crippen LogP contribution in [0.4, 0.5) is 0 Å². The SMILES string of the molecule is O=C(O)C1CC(C/C=C\c2ccncc2)CN1. The molecule has 0 radical (unpaired) electrons. The van der Waals surface area contributed by atoms with Crippen molar-refractivity contribution in [3.63, 3.8) is 0 Å². The van der Waals surface area contributed by atoms with Gasteiger partial charge in [0.25, 0.3) is 0 Å². The number of carboxylic acid groups (broad SMARTS) is 1. The van der Waals surface area contributed by atoms with Gasteiger partial charge in [-0.1, -0.05) is 12.2 Å². The summed E-state index contributed by atoms with van der Waals surface area (Å²) < 4.78 is 0. The fourth-order valence-corrected chi connectivity index (χ4v) is 2.05. The van der Waals surface area contributed by atoms with E-state index >= 15 is 0 Å². The summed E-state index contributed by atoms with van der Waals surface area (Å²) in [6.07, 6.45) is 9.31. The smallest absolute Gasteiger partial charge is 0.320 e. The average molecular weight is 232 g/mol. The molecule has 1 aliphatic rings. The van der Waals surface area contributed by atoms with Crippen LogP contribution in [-0.4, -0.2) is 28.6 Å². The molecule has 2 rings (SSSR count). The Morgan fingerprint density at radius 2 is 2.29 bits per heavy atom. The van der Waals surface area contributed by atoms with Crippen LogP contribution in [0.2, 0.25) is 0 Å². The van der Waals surface area contributed by atoms with Crippen LogP contribution in [0.5, 0.6) is 0 Å². The maximum atomic E-state index is 10.8. The first-order chi connectivity index (χ1) is 8.25. The number of allylic oxidation sites excluding steroid dienone is 1. The lowest BCUT2D eigenvalue weighted by molar-refractivity contribution is -0.139. The third kappa shape index (κ3) is 3.39. The van der Waals surface area contributed by atoms with E-state index in [0.717, 1.165) is 24.9 Å². The van der Waals surface area contributed by atoms with E-state index in [4.69, 9.17) is 5.11 Å².